The first-order valence-corrected chi connectivity index (χ1v) is 11.0. The van der Waals surface area contributed by atoms with Gasteiger partial charge in [-0.15, -0.1) is 12.4 Å². The van der Waals surface area contributed by atoms with Gasteiger partial charge in [-0.1, -0.05) is 36.8 Å². The molecule has 0 N–H and O–H groups in total. The Morgan fingerprint density at radius 3 is 2.53 bits per heavy atom. The maximum Gasteiger partial charge on any atom is 0.282 e. The standard InChI is InChI=1S/C21H23ClN4O4S.ClH/c1-4-24(5-2)10-11-25(20(27)16-12-14(22)6-8-18(16)26(28)29)21-23-17-13-15(30-3)7-9-19(17)31-21;/h6-9,12-13H,4-5,10-11H2,1-3H3;1H. The number of nitrogens with zero attached hydrogens (tertiary/aromatic N) is 4. The van der Waals surface area contributed by atoms with E-state index in [0.29, 0.717) is 29.5 Å². The molecule has 0 saturated heterocycles. The number of halogens is 2. The van der Waals surface area contributed by atoms with Crippen LogP contribution in [0.3, 0.4) is 0 Å². The summed E-state index contributed by atoms with van der Waals surface area (Å²) in [5.41, 5.74) is 0.347. The van der Waals surface area contributed by atoms with Crippen molar-refractivity contribution < 1.29 is 14.5 Å². The molecule has 1 aromatic heterocycles. The third kappa shape index (κ3) is 5.66. The molecule has 0 saturated carbocycles. The Balaban J connectivity index is 0.00000363. The molecule has 172 valence electrons. The second-order valence-corrected chi connectivity index (χ2v) is 8.18. The average molecular weight is 499 g/mol. The molecule has 32 heavy (non-hydrogen) atoms. The smallest absolute Gasteiger partial charge is 0.282 e. The first kappa shape index (κ1) is 25.8. The van der Waals surface area contributed by atoms with E-state index in [9.17, 15) is 14.9 Å². The van der Waals surface area contributed by atoms with E-state index >= 15 is 0 Å². The van der Waals surface area contributed by atoms with E-state index in [0.717, 1.165) is 17.8 Å². The molecular weight excluding hydrogens is 475 g/mol. The quantitative estimate of drug-likeness (QED) is 0.294. The molecule has 0 unspecified atom stereocenters. The van der Waals surface area contributed by atoms with Crippen LogP contribution >= 0.6 is 35.3 Å². The molecule has 1 heterocycles. The van der Waals surface area contributed by atoms with Crippen LogP contribution in [0.1, 0.15) is 24.2 Å². The van der Waals surface area contributed by atoms with Crippen molar-refractivity contribution >= 4 is 62.3 Å². The molecule has 11 heteroatoms. The van der Waals surface area contributed by atoms with Crippen LogP contribution in [0.5, 0.6) is 5.75 Å². The van der Waals surface area contributed by atoms with Gasteiger partial charge in [-0.2, -0.15) is 0 Å². The molecule has 0 aliphatic rings. The summed E-state index contributed by atoms with van der Waals surface area (Å²) in [5.74, 6) is 0.156. The number of benzene rings is 2. The van der Waals surface area contributed by atoms with Crippen LogP contribution in [0.15, 0.2) is 36.4 Å². The van der Waals surface area contributed by atoms with Gasteiger partial charge in [0.1, 0.15) is 11.3 Å². The minimum Gasteiger partial charge on any atom is -0.497 e. The number of hydrogen-bond donors (Lipinski definition) is 0. The molecule has 0 fully saturated rings. The number of likely N-dealkylation sites (N-methyl/N-ethyl adjacent to an activating group) is 1. The summed E-state index contributed by atoms with van der Waals surface area (Å²) < 4.78 is 6.15. The monoisotopic (exact) mass is 498 g/mol. The van der Waals surface area contributed by atoms with Gasteiger partial charge in [0.05, 0.1) is 22.2 Å². The summed E-state index contributed by atoms with van der Waals surface area (Å²) in [5, 5.41) is 12.2. The lowest BCUT2D eigenvalue weighted by Crippen LogP contribution is -2.39. The van der Waals surface area contributed by atoms with Crippen molar-refractivity contribution in [2.45, 2.75) is 13.8 Å². The van der Waals surface area contributed by atoms with E-state index in [4.69, 9.17) is 16.3 Å². The zero-order valence-corrected chi connectivity index (χ0v) is 20.3. The number of fused-ring (bicyclic) bond motifs is 1. The van der Waals surface area contributed by atoms with Crippen LogP contribution in [-0.4, -0.2) is 54.0 Å². The van der Waals surface area contributed by atoms with Gasteiger partial charge >= 0.3 is 0 Å². The molecule has 3 rings (SSSR count). The largest absolute Gasteiger partial charge is 0.497 e. The second-order valence-electron chi connectivity index (χ2n) is 6.73. The number of hydrogen-bond acceptors (Lipinski definition) is 7. The van der Waals surface area contributed by atoms with Gasteiger partial charge < -0.3 is 9.64 Å². The fourth-order valence-corrected chi connectivity index (χ4v) is 4.33. The van der Waals surface area contributed by atoms with Crippen molar-refractivity contribution in [3.63, 3.8) is 0 Å². The van der Waals surface area contributed by atoms with Crippen LogP contribution in [0.2, 0.25) is 5.02 Å². The summed E-state index contributed by atoms with van der Waals surface area (Å²) in [6.07, 6.45) is 0. The number of nitro benzene ring substituents is 1. The zero-order valence-electron chi connectivity index (χ0n) is 17.9. The van der Waals surface area contributed by atoms with Crippen molar-refractivity contribution in [1.29, 1.82) is 0 Å². The summed E-state index contributed by atoms with van der Waals surface area (Å²) >= 11 is 7.41. The molecule has 0 atom stereocenters. The number of carbonyl (C=O) groups is 1. The summed E-state index contributed by atoms with van der Waals surface area (Å²) in [7, 11) is 1.58. The topological polar surface area (TPSA) is 88.8 Å². The Morgan fingerprint density at radius 1 is 1.19 bits per heavy atom. The summed E-state index contributed by atoms with van der Waals surface area (Å²) in [6, 6.07) is 9.49. The second kappa shape index (κ2) is 11.4. The molecule has 0 spiro atoms. The van der Waals surface area contributed by atoms with E-state index < -0.39 is 10.8 Å². The van der Waals surface area contributed by atoms with Gasteiger partial charge in [0.25, 0.3) is 11.6 Å². The number of thiazole rings is 1. The van der Waals surface area contributed by atoms with Crippen LogP contribution < -0.4 is 9.64 Å². The van der Waals surface area contributed by atoms with Crippen molar-refractivity contribution in [3.8, 4) is 5.75 Å². The van der Waals surface area contributed by atoms with Crippen LogP contribution in [0, 0.1) is 10.1 Å². The highest BCUT2D eigenvalue weighted by Crippen LogP contribution is 2.33. The number of methoxy groups -OCH3 is 1. The number of anilines is 1. The van der Waals surface area contributed by atoms with E-state index in [-0.39, 0.29) is 28.7 Å². The van der Waals surface area contributed by atoms with Crippen LogP contribution in [0.4, 0.5) is 10.8 Å². The molecule has 0 radical (unpaired) electrons. The lowest BCUT2D eigenvalue weighted by molar-refractivity contribution is -0.385. The molecule has 8 nitrogen and oxygen atoms in total. The third-order valence-electron chi connectivity index (χ3n) is 4.98. The molecule has 2 aromatic carbocycles. The first-order chi connectivity index (χ1) is 14.9. The summed E-state index contributed by atoms with van der Waals surface area (Å²) in [6.45, 7) is 6.68. The van der Waals surface area contributed by atoms with E-state index in [1.807, 2.05) is 26.0 Å². The molecular formula is C21H24Cl2N4O4S. The van der Waals surface area contributed by atoms with Gasteiger partial charge in [0, 0.05) is 30.2 Å². The van der Waals surface area contributed by atoms with Gasteiger partial charge in [0.15, 0.2) is 5.13 Å². The number of aromatic nitrogens is 1. The van der Waals surface area contributed by atoms with Crippen molar-refractivity contribution in [2.24, 2.45) is 0 Å². The van der Waals surface area contributed by atoms with Crippen LogP contribution in [0.25, 0.3) is 10.2 Å². The Labute approximate surface area is 201 Å². The Morgan fingerprint density at radius 2 is 1.91 bits per heavy atom. The Hall–Kier alpha value is -2.46. The highest BCUT2D eigenvalue weighted by atomic mass is 35.5. The van der Waals surface area contributed by atoms with Crippen molar-refractivity contribution in [2.75, 3.05) is 38.2 Å². The van der Waals surface area contributed by atoms with E-state index in [1.165, 1.54) is 34.4 Å². The zero-order chi connectivity index (χ0) is 22.5. The first-order valence-electron chi connectivity index (χ1n) is 9.80. The van der Waals surface area contributed by atoms with Gasteiger partial charge in [-0.25, -0.2) is 4.98 Å². The maximum absolute atomic E-state index is 13.5. The van der Waals surface area contributed by atoms with Crippen molar-refractivity contribution in [3.05, 3.63) is 57.1 Å². The number of amides is 1. The predicted molar refractivity (Wildman–Crippen MR) is 131 cm³/mol. The predicted octanol–water partition coefficient (Wildman–Crippen LogP) is 5.28. The number of nitro groups is 1. The number of carbonyl (C=O) groups excluding carboxylic acids is 1. The number of ether oxygens (including phenoxy) is 1. The van der Waals surface area contributed by atoms with Gasteiger partial charge in [-0.05, 0) is 37.4 Å². The molecule has 3 aromatic rings. The lowest BCUT2D eigenvalue weighted by Gasteiger charge is -2.24. The van der Waals surface area contributed by atoms with Crippen LogP contribution in [-0.2, 0) is 0 Å². The average Bonchev–Trinajstić information content (AvgIpc) is 3.18. The lowest BCUT2D eigenvalue weighted by atomic mass is 10.1. The maximum atomic E-state index is 13.5. The minimum absolute atomic E-state index is 0. The molecule has 0 bridgehead atoms. The van der Waals surface area contributed by atoms with Crippen molar-refractivity contribution in [1.82, 2.24) is 9.88 Å². The minimum atomic E-state index is -0.574. The summed E-state index contributed by atoms with van der Waals surface area (Å²) in [4.78, 5) is 32.7. The fourth-order valence-electron chi connectivity index (χ4n) is 3.19. The normalized spacial score (nSPS) is 10.8. The van der Waals surface area contributed by atoms with Gasteiger partial charge in [-0.3, -0.25) is 19.8 Å². The Bertz CT molecular complexity index is 1100. The molecule has 1 amide bonds. The SMILES string of the molecule is CCN(CC)CCN(C(=O)c1cc(Cl)ccc1[N+](=O)[O-])c1nc2cc(OC)ccc2s1.Cl. The molecule has 0 aliphatic heterocycles. The number of rotatable bonds is 9. The van der Waals surface area contributed by atoms with E-state index in [1.54, 1.807) is 13.2 Å². The Kier molecular flexibility index (Phi) is 9.21. The van der Waals surface area contributed by atoms with E-state index in [2.05, 4.69) is 9.88 Å². The highest BCUT2D eigenvalue weighted by molar-refractivity contribution is 7.22. The fraction of sp³-hybridized carbons (Fsp3) is 0.333. The molecule has 0 aliphatic carbocycles. The van der Waals surface area contributed by atoms with Gasteiger partial charge in [0.2, 0.25) is 0 Å². The highest BCUT2D eigenvalue weighted by Gasteiger charge is 2.28. The third-order valence-corrected chi connectivity index (χ3v) is 6.27.